The van der Waals surface area contributed by atoms with E-state index in [1.165, 1.54) is 0 Å². The molecule has 3 aliphatic heterocycles. The van der Waals surface area contributed by atoms with Gasteiger partial charge in [0.05, 0.1) is 18.5 Å². The van der Waals surface area contributed by atoms with Gasteiger partial charge in [0.25, 0.3) is 5.79 Å². The normalized spacial score (nSPS) is 18.9. The number of nitrogens with zero attached hydrogens (tertiary/aromatic N) is 6. The molecule has 0 aliphatic carbocycles. The molecule has 0 bridgehead atoms. The summed E-state index contributed by atoms with van der Waals surface area (Å²) in [6.45, 7) is 3.40. The molecule has 0 atom stereocenters. The summed E-state index contributed by atoms with van der Waals surface area (Å²) >= 11 is 6.33. The maximum absolute atomic E-state index is 6.33. The van der Waals surface area contributed by atoms with Crippen molar-refractivity contribution in [3.8, 4) is 5.69 Å². The Morgan fingerprint density at radius 3 is 2.48 bits per heavy atom. The van der Waals surface area contributed by atoms with Crippen LogP contribution >= 0.6 is 11.6 Å². The van der Waals surface area contributed by atoms with Gasteiger partial charge < -0.3 is 19.3 Å². The van der Waals surface area contributed by atoms with Gasteiger partial charge in [-0.25, -0.2) is 4.98 Å². The summed E-state index contributed by atoms with van der Waals surface area (Å²) < 4.78 is 13.9. The highest BCUT2D eigenvalue weighted by Gasteiger charge is 2.42. The van der Waals surface area contributed by atoms with Gasteiger partial charge in [0.2, 0.25) is 5.95 Å². The molecule has 0 unspecified atom stereocenters. The van der Waals surface area contributed by atoms with Gasteiger partial charge >= 0.3 is 0 Å². The van der Waals surface area contributed by atoms with Crippen LogP contribution in [0.25, 0.3) is 5.69 Å². The van der Waals surface area contributed by atoms with Crippen LogP contribution in [0.15, 0.2) is 55.1 Å². The van der Waals surface area contributed by atoms with Gasteiger partial charge in [-0.3, -0.25) is 4.57 Å². The number of ether oxygens (including phenoxy) is 2. The van der Waals surface area contributed by atoms with Crippen LogP contribution in [0.5, 0.6) is 0 Å². The quantitative estimate of drug-likeness (QED) is 0.611. The van der Waals surface area contributed by atoms with Crippen molar-refractivity contribution in [3.63, 3.8) is 0 Å². The third kappa shape index (κ3) is 3.18. The summed E-state index contributed by atoms with van der Waals surface area (Å²) in [6.07, 6.45) is 6.08. The van der Waals surface area contributed by atoms with Gasteiger partial charge in [-0.05, 0) is 35.9 Å². The number of hydrogen-bond acceptors (Lipinski definition) is 7. The minimum Gasteiger partial charge on any atom is -0.456 e. The highest BCUT2D eigenvalue weighted by atomic mass is 35.5. The molecule has 1 saturated heterocycles. The summed E-state index contributed by atoms with van der Waals surface area (Å²) in [6, 6.07) is 11.9. The second kappa shape index (κ2) is 7.16. The zero-order valence-corrected chi connectivity index (χ0v) is 17.6. The van der Waals surface area contributed by atoms with Crippen molar-refractivity contribution in [1.29, 1.82) is 0 Å². The van der Waals surface area contributed by atoms with Crippen LogP contribution in [0.4, 0.5) is 11.8 Å². The van der Waals surface area contributed by atoms with Gasteiger partial charge in [-0.1, -0.05) is 17.7 Å². The molecule has 5 heterocycles. The first kappa shape index (κ1) is 18.5. The van der Waals surface area contributed by atoms with E-state index in [1.54, 1.807) is 12.5 Å². The Morgan fingerprint density at radius 2 is 1.71 bits per heavy atom. The maximum Gasteiger partial charge on any atom is 0.260 e. The first-order valence-electron chi connectivity index (χ1n) is 10.4. The first-order chi connectivity index (χ1) is 15.2. The molecule has 1 fully saturated rings. The lowest BCUT2D eigenvalue weighted by atomic mass is 10.0. The van der Waals surface area contributed by atoms with Gasteiger partial charge in [0.15, 0.2) is 0 Å². The van der Waals surface area contributed by atoms with Crippen LogP contribution < -0.4 is 9.80 Å². The number of hydrogen-bond donors (Lipinski definition) is 0. The molecule has 6 rings (SSSR count). The van der Waals surface area contributed by atoms with E-state index in [0.717, 1.165) is 55.0 Å². The van der Waals surface area contributed by atoms with Gasteiger partial charge in [0, 0.05) is 37.4 Å². The summed E-state index contributed by atoms with van der Waals surface area (Å²) in [7, 11) is 0. The summed E-state index contributed by atoms with van der Waals surface area (Å²) in [5.74, 6) is 1.84. The Balaban J connectivity index is 1.34. The fourth-order valence-electron chi connectivity index (χ4n) is 4.55. The number of benzene rings is 1. The molecule has 158 valence electrons. The number of pyridine rings is 1. The number of rotatable bonds is 2. The number of halogens is 1. The van der Waals surface area contributed by atoms with Crippen molar-refractivity contribution in [3.05, 3.63) is 71.5 Å². The van der Waals surface area contributed by atoms with Gasteiger partial charge in [-0.15, -0.1) is 10.2 Å². The molecule has 31 heavy (non-hydrogen) atoms. The molecule has 0 radical (unpaired) electrons. The molecular formula is C22H21ClN6O2. The standard InChI is InChI=1S/C22H21ClN6O2/c23-17-4-5-18-16(13-17)14-22(30-11-12-31-22)15-20-25-26-21(29(18)20)28-9-7-27(8-10-28)19-3-1-2-6-24-19/h1-6,11-13H,7-10,14-15H2. The van der Waals surface area contributed by atoms with Gasteiger partial charge in [-0.2, -0.15) is 0 Å². The number of anilines is 2. The highest BCUT2D eigenvalue weighted by Crippen LogP contribution is 2.37. The van der Waals surface area contributed by atoms with Crippen LogP contribution in [0.1, 0.15) is 11.4 Å². The van der Waals surface area contributed by atoms with Crippen LogP contribution in [-0.2, 0) is 22.3 Å². The van der Waals surface area contributed by atoms with Crippen molar-refractivity contribution in [2.45, 2.75) is 18.6 Å². The minimum atomic E-state index is -0.810. The number of piperazine rings is 1. The summed E-state index contributed by atoms with van der Waals surface area (Å²) in [4.78, 5) is 9.05. The lowest BCUT2D eigenvalue weighted by Gasteiger charge is -2.35. The fraction of sp³-hybridized carbons (Fsp3) is 0.318. The zero-order chi connectivity index (χ0) is 20.8. The minimum absolute atomic E-state index is 0.493. The second-order valence-electron chi connectivity index (χ2n) is 7.96. The Labute approximate surface area is 184 Å². The third-order valence-corrected chi connectivity index (χ3v) is 6.27. The molecule has 0 amide bonds. The van der Waals surface area contributed by atoms with Crippen molar-refractivity contribution in [2.75, 3.05) is 36.0 Å². The lowest BCUT2D eigenvalue weighted by Crippen LogP contribution is -2.47. The molecule has 2 aromatic heterocycles. The summed E-state index contributed by atoms with van der Waals surface area (Å²) in [5, 5.41) is 9.79. The Bertz CT molecular complexity index is 1130. The predicted molar refractivity (Wildman–Crippen MR) is 116 cm³/mol. The van der Waals surface area contributed by atoms with Crippen LogP contribution in [0.2, 0.25) is 5.02 Å². The van der Waals surface area contributed by atoms with E-state index in [1.807, 2.05) is 42.6 Å². The second-order valence-corrected chi connectivity index (χ2v) is 8.40. The number of fused-ring (bicyclic) bond motifs is 3. The topological polar surface area (TPSA) is 68.5 Å². The van der Waals surface area contributed by atoms with Crippen LogP contribution in [-0.4, -0.2) is 51.7 Å². The first-order valence-corrected chi connectivity index (χ1v) is 10.7. The number of aromatic nitrogens is 4. The van der Waals surface area contributed by atoms with Crippen molar-refractivity contribution in [2.24, 2.45) is 0 Å². The average molecular weight is 437 g/mol. The van der Waals surface area contributed by atoms with Crippen LogP contribution in [0.3, 0.4) is 0 Å². The zero-order valence-electron chi connectivity index (χ0n) is 16.8. The Morgan fingerprint density at radius 1 is 0.903 bits per heavy atom. The molecule has 3 aliphatic rings. The van der Waals surface area contributed by atoms with E-state index in [9.17, 15) is 0 Å². The van der Waals surface area contributed by atoms with E-state index in [4.69, 9.17) is 21.1 Å². The van der Waals surface area contributed by atoms with Gasteiger partial charge in [0.1, 0.15) is 24.2 Å². The van der Waals surface area contributed by atoms with E-state index in [-0.39, 0.29) is 0 Å². The van der Waals surface area contributed by atoms with Crippen LogP contribution in [0, 0.1) is 0 Å². The SMILES string of the molecule is Clc1ccc2c(c1)CC1(Cc3nnc(N4CCN(c5ccccn5)CC4)n3-2)OC=CO1. The maximum atomic E-state index is 6.33. The predicted octanol–water partition coefficient (Wildman–Crippen LogP) is 2.96. The van der Waals surface area contributed by atoms with E-state index in [0.29, 0.717) is 17.9 Å². The van der Waals surface area contributed by atoms with Crippen molar-refractivity contribution in [1.82, 2.24) is 19.7 Å². The van der Waals surface area contributed by atoms with E-state index >= 15 is 0 Å². The lowest BCUT2D eigenvalue weighted by molar-refractivity contribution is -0.139. The third-order valence-electron chi connectivity index (χ3n) is 6.04. The largest absolute Gasteiger partial charge is 0.456 e. The monoisotopic (exact) mass is 436 g/mol. The van der Waals surface area contributed by atoms with Crippen molar-refractivity contribution < 1.29 is 9.47 Å². The molecule has 8 nitrogen and oxygen atoms in total. The average Bonchev–Trinajstić information content (AvgIpc) is 3.39. The molecular weight excluding hydrogens is 416 g/mol. The fourth-order valence-corrected chi connectivity index (χ4v) is 4.75. The molecule has 1 spiro atoms. The molecule has 3 aromatic rings. The van der Waals surface area contributed by atoms with E-state index in [2.05, 4.69) is 29.5 Å². The summed E-state index contributed by atoms with van der Waals surface area (Å²) in [5.41, 5.74) is 2.06. The Kier molecular flexibility index (Phi) is 4.27. The highest BCUT2D eigenvalue weighted by molar-refractivity contribution is 6.30. The van der Waals surface area contributed by atoms with Crippen molar-refractivity contribution >= 4 is 23.4 Å². The molecule has 1 aromatic carbocycles. The Hall–Kier alpha value is -3.26. The smallest absolute Gasteiger partial charge is 0.260 e. The molecule has 9 heteroatoms. The van der Waals surface area contributed by atoms with E-state index < -0.39 is 5.79 Å². The molecule has 0 saturated carbocycles. The molecule has 0 N–H and O–H groups in total.